The summed E-state index contributed by atoms with van der Waals surface area (Å²) < 4.78 is 0. The fraction of sp³-hybridized carbons (Fsp3) is 0.692. The number of unbranched alkanes of at least 4 members (excludes halogenated alkanes) is 4. The van der Waals surface area contributed by atoms with Crippen LogP contribution in [0.25, 0.3) is 0 Å². The minimum Gasteiger partial charge on any atom is -0.293 e. The number of rotatable bonds is 6. The minimum atomic E-state index is 0.110. The van der Waals surface area contributed by atoms with E-state index in [2.05, 4.69) is 17.3 Å². The first kappa shape index (κ1) is 13.1. The molecule has 5 heteroatoms. The van der Waals surface area contributed by atoms with Crippen LogP contribution in [0.1, 0.15) is 45.4 Å². The smallest absolute Gasteiger partial charge is 0.175 e. The van der Waals surface area contributed by atoms with Crippen LogP contribution in [0.4, 0.5) is 0 Å². The molecular weight excluding hydrogens is 228 g/mol. The van der Waals surface area contributed by atoms with E-state index in [4.69, 9.17) is 0 Å². The van der Waals surface area contributed by atoms with Gasteiger partial charge >= 0.3 is 0 Å². The van der Waals surface area contributed by atoms with Crippen molar-refractivity contribution in [2.75, 3.05) is 13.6 Å². The van der Waals surface area contributed by atoms with Crippen LogP contribution in [0.15, 0.2) is 16.9 Å². The van der Waals surface area contributed by atoms with Crippen LogP contribution < -0.4 is 5.43 Å². The fourth-order valence-electron chi connectivity index (χ4n) is 2.24. The number of likely N-dealkylation sites (N-methyl/N-ethyl adjacent to an activating group) is 1. The summed E-state index contributed by atoms with van der Waals surface area (Å²) in [5.41, 5.74) is 3.24. The van der Waals surface area contributed by atoms with E-state index < -0.39 is 0 Å². The predicted molar refractivity (Wildman–Crippen MR) is 71.5 cm³/mol. The Balaban J connectivity index is 1.81. The van der Waals surface area contributed by atoms with Gasteiger partial charge in [-0.1, -0.05) is 32.6 Å². The lowest BCUT2D eigenvalue weighted by Gasteiger charge is -2.31. The van der Waals surface area contributed by atoms with E-state index in [1.807, 2.05) is 17.2 Å². The van der Waals surface area contributed by atoms with E-state index in [9.17, 15) is 4.79 Å². The molecule has 1 N–H and O–H groups in total. The van der Waals surface area contributed by atoms with Crippen LogP contribution >= 0.6 is 0 Å². The Morgan fingerprint density at radius 2 is 2.11 bits per heavy atom. The van der Waals surface area contributed by atoms with Gasteiger partial charge in [0.2, 0.25) is 0 Å². The molecule has 100 valence electrons. The van der Waals surface area contributed by atoms with Crippen LogP contribution in [0.3, 0.4) is 0 Å². The van der Waals surface area contributed by atoms with Crippen LogP contribution in [0.2, 0.25) is 0 Å². The molecule has 0 aromatic carbocycles. The quantitative estimate of drug-likeness (QED) is 0.731. The van der Waals surface area contributed by atoms with Gasteiger partial charge < -0.3 is 0 Å². The summed E-state index contributed by atoms with van der Waals surface area (Å²) in [5.74, 6) is 1.80. The molecule has 2 aliphatic rings. The summed E-state index contributed by atoms with van der Waals surface area (Å²) in [6, 6.07) is 0. The average molecular weight is 250 g/mol. The van der Waals surface area contributed by atoms with Gasteiger partial charge in [-0.25, -0.2) is 4.99 Å². The number of carbonyl (C=O) groups is 1. The van der Waals surface area contributed by atoms with E-state index in [1.54, 1.807) is 6.08 Å². The molecule has 0 aliphatic carbocycles. The Morgan fingerprint density at radius 3 is 2.89 bits per heavy atom. The van der Waals surface area contributed by atoms with Crippen molar-refractivity contribution in [2.45, 2.75) is 45.4 Å². The number of hydrazine groups is 2. The van der Waals surface area contributed by atoms with Crippen LogP contribution in [0.5, 0.6) is 0 Å². The number of fused-ring (bicyclic) bond motifs is 1. The lowest BCUT2D eigenvalue weighted by atomic mass is 10.1. The Morgan fingerprint density at radius 1 is 1.33 bits per heavy atom. The lowest BCUT2D eigenvalue weighted by Crippen LogP contribution is -2.50. The number of aliphatic imine (C=N–C) groups is 1. The highest BCUT2D eigenvalue weighted by molar-refractivity contribution is 5.94. The molecule has 0 bridgehead atoms. The van der Waals surface area contributed by atoms with Gasteiger partial charge in [0.05, 0.1) is 6.54 Å². The predicted octanol–water partition coefficient (Wildman–Crippen LogP) is 1.84. The molecule has 5 nitrogen and oxygen atoms in total. The molecule has 0 amide bonds. The zero-order valence-corrected chi connectivity index (χ0v) is 11.3. The van der Waals surface area contributed by atoms with Crippen molar-refractivity contribution in [1.82, 2.24) is 15.6 Å². The summed E-state index contributed by atoms with van der Waals surface area (Å²) in [4.78, 5) is 15.9. The van der Waals surface area contributed by atoms with Gasteiger partial charge in [0.15, 0.2) is 11.6 Å². The van der Waals surface area contributed by atoms with Gasteiger partial charge in [0, 0.05) is 19.5 Å². The number of amidine groups is 1. The third-order valence-corrected chi connectivity index (χ3v) is 3.23. The van der Waals surface area contributed by atoms with E-state index >= 15 is 0 Å². The first-order chi connectivity index (χ1) is 8.70. The third-order valence-electron chi connectivity index (χ3n) is 3.23. The van der Waals surface area contributed by atoms with Gasteiger partial charge in [-0.15, -0.1) is 0 Å². The van der Waals surface area contributed by atoms with Gasteiger partial charge in [0.25, 0.3) is 0 Å². The molecule has 0 saturated carbocycles. The number of ketones is 1. The molecule has 0 saturated heterocycles. The highest BCUT2D eigenvalue weighted by atomic mass is 16.1. The molecule has 0 radical (unpaired) electrons. The van der Waals surface area contributed by atoms with Crippen molar-refractivity contribution in [1.29, 1.82) is 0 Å². The van der Waals surface area contributed by atoms with Crippen molar-refractivity contribution in [2.24, 2.45) is 4.99 Å². The third kappa shape index (κ3) is 3.10. The summed E-state index contributed by atoms with van der Waals surface area (Å²) in [6.45, 7) is 2.63. The maximum absolute atomic E-state index is 11.4. The summed E-state index contributed by atoms with van der Waals surface area (Å²) >= 11 is 0. The lowest BCUT2D eigenvalue weighted by molar-refractivity contribution is -0.122. The highest BCUT2D eigenvalue weighted by Gasteiger charge is 2.28. The molecular formula is C13H22N4O. The summed E-state index contributed by atoms with van der Waals surface area (Å²) in [6.07, 6.45) is 8.86. The molecule has 2 rings (SSSR count). The molecule has 0 unspecified atom stereocenters. The first-order valence-electron chi connectivity index (χ1n) is 6.80. The SMILES string of the molecule is CCCCCCCC1=NC2=CC(=O)CN(C)N2N1. The molecule has 0 aromatic heterocycles. The summed E-state index contributed by atoms with van der Waals surface area (Å²) in [5, 5.41) is 3.70. The van der Waals surface area contributed by atoms with Crippen LogP contribution in [-0.2, 0) is 4.79 Å². The molecule has 2 heterocycles. The van der Waals surface area contributed by atoms with Gasteiger partial charge in [-0.3, -0.25) is 10.2 Å². The van der Waals surface area contributed by atoms with Gasteiger partial charge in [-0.05, 0) is 6.42 Å². The Labute approximate surface area is 108 Å². The maximum Gasteiger partial charge on any atom is 0.175 e. The second-order valence-corrected chi connectivity index (χ2v) is 4.93. The Bertz CT molecular complexity index is 375. The monoisotopic (exact) mass is 250 g/mol. The maximum atomic E-state index is 11.4. The van der Waals surface area contributed by atoms with Crippen molar-refractivity contribution in [3.63, 3.8) is 0 Å². The second kappa shape index (κ2) is 6.00. The summed E-state index contributed by atoms with van der Waals surface area (Å²) in [7, 11) is 1.89. The Kier molecular flexibility index (Phi) is 4.36. The molecule has 0 aromatic rings. The van der Waals surface area contributed by atoms with E-state index in [1.165, 1.54) is 25.7 Å². The molecule has 2 aliphatic heterocycles. The van der Waals surface area contributed by atoms with Crippen molar-refractivity contribution in [3.05, 3.63) is 11.9 Å². The van der Waals surface area contributed by atoms with Crippen molar-refractivity contribution >= 4 is 11.6 Å². The van der Waals surface area contributed by atoms with E-state index in [0.717, 1.165) is 24.5 Å². The average Bonchev–Trinajstić information content (AvgIpc) is 2.72. The second-order valence-electron chi connectivity index (χ2n) is 4.93. The minimum absolute atomic E-state index is 0.110. The largest absolute Gasteiger partial charge is 0.293 e. The van der Waals surface area contributed by atoms with Crippen LogP contribution in [0, 0.1) is 0 Å². The normalized spacial score (nSPS) is 19.4. The van der Waals surface area contributed by atoms with E-state index in [0.29, 0.717) is 6.54 Å². The molecule has 0 spiro atoms. The Hall–Kier alpha value is -1.36. The standard InChI is InChI=1S/C13H22N4O/c1-3-4-5-6-7-8-12-14-13-9-11(18)10-16(2)17(13)15-12/h9H,3-8,10H2,1-2H3,(H,14,15). The molecule has 0 atom stereocenters. The van der Waals surface area contributed by atoms with Gasteiger partial charge in [-0.2, -0.15) is 10.1 Å². The number of hydrogen-bond donors (Lipinski definition) is 1. The van der Waals surface area contributed by atoms with Crippen molar-refractivity contribution in [3.8, 4) is 0 Å². The fourth-order valence-corrected chi connectivity index (χ4v) is 2.24. The number of nitrogens with zero attached hydrogens (tertiary/aromatic N) is 3. The number of nitrogens with one attached hydrogen (secondary N) is 1. The highest BCUT2D eigenvalue weighted by Crippen LogP contribution is 2.18. The first-order valence-corrected chi connectivity index (χ1v) is 6.80. The topological polar surface area (TPSA) is 47.9 Å². The van der Waals surface area contributed by atoms with Crippen molar-refractivity contribution < 1.29 is 4.79 Å². The number of hydrogen-bond acceptors (Lipinski definition) is 5. The molecule has 18 heavy (non-hydrogen) atoms. The van der Waals surface area contributed by atoms with E-state index in [-0.39, 0.29) is 5.78 Å². The van der Waals surface area contributed by atoms with Crippen LogP contribution in [-0.4, -0.2) is 35.3 Å². The molecule has 0 fully saturated rings. The number of carbonyl (C=O) groups excluding carboxylic acids is 1. The zero-order chi connectivity index (χ0) is 13.0. The van der Waals surface area contributed by atoms with Gasteiger partial charge in [0.1, 0.15) is 5.84 Å². The zero-order valence-electron chi connectivity index (χ0n) is 11.3.